The van der Waals surface area contributed by atoms with Crippen LogP contribution in [0.2, 0.25) is 5.02 Å². The third-order valence-corrected chi connectivity index (χ3v) is 5.11. The fourth-order valence-electron chi connectivity index (χ4n) is 3.34. The number of aryl methyl sites for hydroxylation is 1. The van der Waals surface area contributed by atoms with Crippen molar-refractivity contribution in [2.45, 2.75) is 13.5 Å². The average Bonchev–Trinajstić information content (AvgIpc) is 3.15. The smallest absolute Gasteiger partial charge is 0.354 e. The molecule has 0 amide bonds. The first-order valence-electron chi connectivity index (χ1n) is 9.59. The van der Waals surface area contributed by atoms with E-state index in [9.17, 15) is 18.7 Å². The van der Waals surface area contributed by atoms with Crippen LogP contribution in [-0.2, 0) is 6.61 Å². The van der Waals surface area contributed by atoms with Gasteiger partial charge in [0.05, 0.1) is 5.69 Å². The summed E-state index contributed by atoms with van der Waals surface area (Å²) in [5, 5.41) is 9.75. The number of pyridine rings is 1. The quantitative estimate of drug-likeness (QED) is 0.385. The molecule has 0 saturated heterocycles. The van der Waals surface area contributed by atoms with Gasteiger partial charge in [-0.3, -0.25) is 4.57 Å². The van der Waals surface area contributed by atoms with Gasteiger partial charge in [0.2, 0.25) is 0 Å². The fraction of sp³-hybridized carbons (Fsp3) is 0.0833. The Labute approximate surface area is 187 Å². The zero-order valence-corrected chi connectivity index (χ0v) is 17.6. The second-order valence-corrected chi connectivity index (χ2v) is 7.48. The van der Waals surface area contributed by atoms with Crippen LogP contribution < -0.4 is 4.74 Å². The Hall–Kier alpha value is -3.71. The SMILES string of the molecule is Cc1ccc(-c2cc(Cl)ccc2OCc2ccc(F)cc2F)n1-c1cccc(C(=O)O)n1. The highest BCUT2D eigenvalue weighted by atomic mass is 35.5. The molecule has 0 saturated carbocycles. The van der Waals surface area contributed by atoms with Crippen LogP contribution in [-0.4, -0.2) is 20.6 Å². The molecule has 4 aromatic rings. The van der Waals surface area contributed by atoms with E-state index in [1.54, 1.807) is 34.9 Å². The minimum Gasteiger partial charge on any atom is -0.488 e. The minimum atomic E-state index is -1.13. The van der Waals surface area contributed by atoms with E-state index in [1.807, 2.05) is 19.1 Å². The molecule has 162 valence electrons. The molecule has 1 N–H and O–H groups in total. The topological polar surface area (TPSA) is 64.3 Å². The van der Waals surface area contributed by atoms with Gasteiger partial charge < -0.3 is 9.84 Å². The maximum absolute atomic E-state index is 14.0. The number of hydrogen-bond acceptors (Lipinski definition) is 3. The highest BCUT2D eigenvalue weighted by Gasteiger charge is 2.17. The van der Waals surface area contributed by atoms with E-state index in [0.717, 1.165) is 11.8 Å². The van der Waals surface area contributed by atoms with E-state index in [2.05, 4.69) is 4.98 Å². The number of aromatic carboxylic acids is 1. The van der Waals surface area contributed by atoms with E-state index in [-0.39, 0.29) is 17.9 Å². The first-order valence-corrected chi connectivity index (χ1v) is 9.97. The van der Waals surface area contributed by atoms with Crippen LogP contribution in [0.25, 0.3) is 17.1 Å². The summed E-state index contributed by atoms with van der Waals surface area (Å²) in [5.74, 6) is -1.66. The number of carbonyl (C=O) groups is 1. The van der Waals surface area contributed by atoms with Gasteiger partial charge in [0, 0.05) is 27.9 Å². The zero-order chi connectivity index (χ0) is 22.8. The number of rotatable bonds is 6. The standard InChI is InChI=1S/C24H17ClF2N2O3/c1-14-5-9-21(29(14)23-4-2-3-20(28-23)24(30)31)18-11-16(25)7-10-22(18)32-13-15-6-8-17(26)12-19(15)27/h2-12H,13H2,1H3,(H,30,31). The van der Waals surface area contributed by atoms with Crippen LogP contribution in [0.4, 0.5) is 8.78 Å². The van der Waals surface area contributed by atoms with E-state index in [1.165, 1.54) is 18.2 Å². The molecule has 0 bridgehead atoms. The number of hydrogen-bond donors (Lipinski definition) is 1. The molecule has 0 aliphatic heterocycles. The number of benzene rings is 2. The number of nitrogens with zero attached hydrogens (tertiary/aromatic N) is 2. The Morgan fingerprint density at radius 1 is 1.09 bits per heavy atom. The number of halogens is 3. The predicted molar refractivity (Wildman–Crippen MR) is 116 cm³/mol. The highest BCUT2D eigenvalue weighted by Crippen LogP contribution is 2.36. The molecular formula is C24H17ClF2N2O3. The summed E-state index contributed by atoms with van der Waals surface area (Å²) in [6.07, 6.45) is 0. The lowest BCUT2D eigenvalue weighted by molar-refractivity contribution is 0.0690. The summed E-state index contributed by atoms with van der Waals surface area (Å²) >= 11 is 6.24. The van der Waals surface area contributed by atoms with Crippen LogP contribution in [0, 0.1) is 18.6 Å². The summed E-state index contributed by atoms with van der Waals surface area (Å²) in [6, 6.07) is 16.7. The van der Waals surface area contributed by atoms with E-state index >= 15 is 0 Å². The van der Waals surface area contributed by atoms with Crippen molar-refractivity contribution in [2.24, 2.45) is 0 Å². The maximum Gasteiger partial charge on any atom is 0.354 e. The third kappa shape index (κ3) is 4.33. The van der Waals surface area contributed by atoms with Crippen LogP contribution in [0.1, 0.15) is 21.7 Å². The van der Waals surface area contributed by atoms with Gasteiger partial charge in [-0.25, -0.2) is 18.6 Å². The number of ether oxygens (including phenoxy) is 1. The van der Waals surface area contributed by atoms with Gasteiger partial charge in [-0.2, -0.15) is 0 Å². The van der Waals surface area contributed by atoms with E-state index in [4.69, 9.17) is 16.3 Å². The molecule has 0 fully saturated rings. The number of carboxylic acid groups (broad SMARTS) is 1. The molecule has 2 aromatic heterocycles. The van der Waals surface area contributed by atoms with Gasteiger partial charge in [-0.1, -0.05) is 17.7 Å². The van der Waals surface area contributed by atoms with Crippen molar-refractivity contribution in [2.75, 3.05) is 0 Å². The molecule has 2 heterocycles. The number of carboxylic acids is 1. The van der Waals surface area contributed by atoms with Gasteiger partial charge in [0.25, 0.3) is 0 Å². The van der Waals surface area contributed by atoms with Gasteiger partial charge in [0.1, 0.15) is 29.8 Å². The first kappa shape index (κ1) is 21.5. The van der Waals surface area contributed by atoms with Crippen molar-refractivity contribution in [3.8, 4) is 22.8 Å². The molecule has 8 heteroatoms. The van der Waals surface area contributed by atoms with E-state index < -0.39 is 17.6 Å². The first-order chi connectivity index (χ1) is 15.3. The minimum absolute atomic E-state index is 0.0871. The lowest BCUT2D eigenvalue weighted by atomic mass is 10.1. The zero-order valence-electron chi connectivity index (χ0n) is 16.8. The van der Waals surface area contributed by atoms with Crippen molar-refractivity contribution in [3.05, 3.63) is 100 Å². The molecule has 5 nitrogen and oxygen atoms in total. The van der Waals surface area contributed by atoms with Crippen LogP contribution in [0.3, 0.4) is 0 Å². The normalized spacial score (nSPS) is 10.9. The van der Waals surface area contributed by atoms with Gasteiger partial charge >= 0.3 is 5.97 Å². The molecule has 0 aliphatic carbocycles. The average molecular weight is 455 g/mol. The maximum atomic E-state index is 14.0. The highest BCUT2D eigenvalue weighted by molar-refractivity contribution is 6.31. The Balaban J connectivity index is 1.76. The van der Waals surface area contributed by atoms with Crippen LogP contribution in [0.15, 0.2) is 66.7 Å². The van der Waals surface area contributed by atoms with Gasteiger partial charge in [0.15, 0.2) is 5.69 Å². The lowest BCUT2D eigenvalue weighted by Crippen LogP contribution is -2.07. The Kier molecular flexibility index (Phi) is 5.92. The molecule has 2 aromatic carbocycles. The summed E-state index contributed by atoms with van der Waals surface area (Å²) in [4.78, 5) is 15.6. The second-order valence-electron chi connectivity index (χ2n) is 7.05. The fourth-order valence-corrected chi connectivity index (χ4v) is 3.51. The molecule has 0 aliphatic rings. The lowest BCUT2D eigenvalue weighted by Gasteiger charge is -2.16. The monoisotopic (exact) mass is 454 g/mol. The van der Waals surface area contributed by atoms with Gasteiger partial charge in [-0.05, 0) is 61.5 Å². The van der Waals surface area contributed by atoms with Gasteiger partial charge in [-0.15, -0.1) is 0 Å². The van der Waals surface area contributed by atoms with Crippen LogP contribution in [0.5, 0.6) is 5.75 Å². The molecular weight excluding hydrogens is 438 g/mol. The Morgan fingerprint density at radius 3 is 2.66 bits per heavy atom. The van der Waals surface area contributed by atoms with E-state index in [0.29, 0.717) is 27.8 Å². The molecule has 0 spiro atoms. The Bertz CT molecular complexity index is 1320. The molecule has 32 heavy (non-hydrogen) atoms. The van der Waals surface area contributed by atoms with Crippen molar-refractivity contribution in [3.63, 3.8) is 0 Å². The number of aromatic nitrogens is 2. The molecule has 0 atom stereocenters. The molecule has 0 radical (unpaired) electrons. The third-order valence-electron chi connectivity index (χ3n) is 4.87. The van der Waals surface area contributed by atoms with Crippen molar-refractivity contribution < 1.29 is 23.4 Å². The van der Waals surface area contributed by atoms with Crippen LogP contribution >= 0.6 is 11.6 Å². The summed E-state index contributed by atoms with van der Waals surface area (Å²) in [7, 11) is 0. The summed E-state index contributed by atoms with van der Waals surface area (Å²) in [5.41, 5.74) is 2.20. The summed E-state index contributed by atoms with van der Waals surface area (Å²) in [6.45, 7) is 1.74. The summed E-state index contributed by atoms with van der Waals surface area (Å²) < 4.78 is 34.9. The second kappa shape index (κ2) is 8.80. The van der Waals surface area contributed by atoms with Crippen molar-refractivity contribution in [1.82, 2.24) is 9.55 Å². The predicted octanol–water partition coefficient (Wildman–Crippen LogP) is 6.06. The molecule has 4 rings (SSSR count). The van der Waals surface area contributed by atoms with Crippen molar-refractivity contribution >= 4 is 17.6 Å². The van der Waals surface area contributed by atoms with Crippen molar-refractivity contribution in [1.29, 1.82) is 0 Å². The largest absolute Gasteiger partial charge is 0.488 e. The Morgan fingerprint density at radius 2 is 1.91 bits per heavy atom. The molecule has 0 unspecified atom stereocenters.